The van der Waals surface area contributed by atoms with Crippen LogP contribution < -0.4 is 15.8 Å². The Kier molecular flexibility index (Phi) is 5.22. The number of nitrogens with one attached hydrogen (secondary N) is 1. The van der Waals surface area contributed by atoms with Crippen molar-refractivity contribution >= 4 is 0 Å². The van der Waals surface area contributed by atoms with Gasteiger partial charge in [0.15, 0.2) is 11.6 Å². The van der Waals surface area contributed by atoms with Gasteiger partial charge in [-0.25, -0.2) is 4.39 Å². The number of rotatable bonds is 6. The van der Waals surface area contributed by atoms with E-state index < -0.39 is 0 Å². The number of ether oxygens (including phenoxy) is 1. The monoisotopic (exact) mass is 226 g/mol. The number of halogens is 1. The third kappa shape index (κ3) is 3.18. The van der Waals surface area contributed by atoms with E-state index in [1.165, 1.54) is 13.2 Å². The second-order valence-corrected chi connectivity index (χ2v) is 3.64. The summed E-state index contributed by atoms with van der Waals surface area (Å²) >= 11 is 0. The standard InChI is InChI=1S/C12H19FN2O/c1-3-6-15-11(8-14)9-4-5-12(16-2)10(13)7-9/h4-5,7,11,15H,3,6,8,14H2,1-2H3. The molecule has 0 radical (unpaired) electrons. The normalized spacial score (nSPS) is 12.5. The lowest BCUT2D eigenvalue weighted by Gasteiger charge is -2.17. The van der Waals surface area contributed by atoms with Gasteiger partial charge in [0.1, 0.15) is 0 Å². The van der Waals surface area contributed by atoms with E-state index in [1.54, 1.807) is 6.07 Å². The summed E-state index contributed by atoms with van der Waals surface area (Å²) in [5.41, 5.74) is 6.51. The van der Waals surface area contributed by atoms with Gasteiger partial charge < -0.3 is 15.8 Å². The minimum absolute atomic E-state index is 0.000330. The Bertz CT molecular complexity index is 331. The van der Waals surface area contributed by atoms with Gasteiger partial charge in [-0.3, -0.25) is 0 Å². The number of hydrogen-bond donors (Lipinski definition) is 2. The zero-order chi connectivity index (χ0) is 12.0. The summed E-state index contributed by atoms with van der Waals surface area (Å²) in [4.78, 5) is 0. The molecular formula is C12H19FN2O. The van der Waals surface area contributed by atoms with Crippen molar-refractivity contribution in [3.63, 3.8) is 0 Å². The van der Waals surface area contributed by atoms with Gasteiger partial charge in [0.25, 0.3) is 0 Å². The van der Waals surface area contributed by atoms with E-state index >= 15 is 0 Å². The zero-order valence-electron chi connectivity index (χ0n) is 9.79. The highest BCUT2D eigenvalue weighted by molar-refractivity contribution is 5.31. The molecule has 1 atom stereocenters. The molecular weight excluding hydrogens is 207 g/mol. The molecule has 16 heavy (non-hydrogen) atoms. The molecule has 0 saturated heterocycles. The predicted molar refractivity (Wildman–Crippen MR) is 63.0 cm³/mol. The van der Waals surface area contributed by atoms with Crippen LogP contribution >= 0.6 is 0 Å². The summed E-state index contributed by atoms with van der Waals surface area (Å²) in [7, 11) is 1.45. The van der Waals surface area contributed by atoms with Crippen molar-refractivity contribution in [2.45, 2.75) is 19.4 Å². The van der Waals surface area contributed by atoms with Crippen LogP contribution in [0.15, 0.2) is 18.2 Å². The third-order valence-corrected chi connectivity index (χ3v) is 2.45. The summed E-state index contributed by atoms with van der Waals surface area (Å²) in [6.45, 7) is 3.40. The van der Waals surface area contributed by atoms with Gasteiger partial charge >= 0.3 is 0 Å². The first-order valence-corrected chi connectivity index (χ1v) is 5.49. The number of benzene rings is 1. The van der Waals surface area contributed by atoms with Crippen LogP contribution in [0.5, 0.6) is 5.75 Å². The molecule has 1 aromatic rings. The molecule has 90 valence electrons. The maximum atomic E-state index is 13.5. The zero-order valence-corrected chi connectivity index (χ0v) is 9.79. The molecule has 0 aliphatic carbocycles. The average molecular weight is 226 g/mol. The lowest BCUT2D eigenvalue weighted by atomic mass is 10.1. The molecule has 0 spiro atoms. The van der Waals surface area contributed by atoms with E-state index in [-0.39, 0.29) is 17.6 Å². The van der Waals surface area contributed by atoms with Crippen molar-refractivity contribution in [1.82, 2.24) is 5.32 Å². The highest BCUT2D eigenvalue weighted by Gasteiger charge is 2.11. The Labute approximate surface area is 95.8 Å². The Morgan fingerprint density at radius 3 is 2.75 bits per heavy atom. The Hall–Kier alpha value is -1.13. The van der Waals surface area contributed by atoms with Crippen molar-refractivity contribution in [2.75, 3.05) is 20.2 Å². The minimum atomic E-state index is -0.350. The Balaban J connectivity index is 2.80. The summed E-state index contributed by atoms with van der Waals surface area (Å²) in [6.07, 6.45) is 1.02. The first kappa shape index (κ1) is 12.9. The van der Waals surface area contributed by atoms with Crippen molar-refractivity contribution in [3.8, 4) is 5.75 Å². The maximum Gasteiger partial charge on any atom is 0.165 e. The van der Waals surface area contributed by atoms with Crippen LogP contribution in [0.25, 0.3) is 0 Å². The molecule has 0 aromatic heterocycles. The van der Waals surface area contributed by atoms with E-state index in [0.717, 1.165) is 18.5 Å². The molecule has 4 heteroatoms. The number of hydrogen-bond acceptors (Lipinski definition) is 3. The van der Waals surface area contributed by atoms with Crippen LogP contribution in [0, 0.1) is 5.82 Å². The van der Waals surface area contributed by atoms with Crippen molar-refractivity contribution in [3.05, 3.63) is 29.6 Å². The van der Waals surface area contributed by atoms with Crippen molar-refractivity contribution in [2.24, 2.45) is 5.73 Å². The molecule has 0 saturated carbocycles. The van der Waals surface area contributed by atoms with Crippen LogP contribution in [0.2, 0.25) is 0 Å². The molecule has 0 fully saturated rings. The largest absolute Gasteiger partial charge is 0.494 e. The van der Waals surface area contributed by atoms with E-state index in [2.05, 4.69) is 12.2 Å². The fourth-order valence-electron chi connectivity index (χ4n) is 1.56. The lowest BCUT2D eigenvalue weighted by molar-refractivity contribution is 0.385. The average Bonchev–Trinajstić information content (AvgIpc) is 2.30. The minimum Gasteiger partial charge on any atom is -0.494 e. The second kappa shape index (κ2) is 6.45. The third-order valence-electron chi connectivity index (χ3n) is 2.45. The fourth-order valence-corrected chi connectivity index (χ4v) is 1.56. The molecule has 0 aliphatic heterocycles. The van der Waals surface area contributed by atoms with Crippen LogP contribution in [-0.4, -0.2) is 20.2 Å². The Morgan fingerprint density at radius 1 is 1.50 bits per heavy atom. The lowest BCUT2D eigenvalue weighted by Crippen LogP contribution is -2.28. The Morgan fingerprint density at radius 2 is 2.25 bits per heavy atom. The molecule has 1 aromatic carbocycles. The van der Waals surface area contributed by atoms with Gasteiger partial charge in [0.2, 0.25) is 0 Å². The maximum absolute atomic E-state index is 13.5. The highest BCUT2D eigenvalue weighted by atomic mass is 19.1. The molecule has 0 amide bonds. The second-order valence-electron chi connectivity index (χ2n) is 3.64. The van der Waals surface area contributed by atoms with Crippen LogP contribution in [-0.2, 0) is 0 Å². The van der Waals surface area contributed by atoms with E-state index in [1.807, 2.05) is 6.07 Å². The first-order valence-electron chi connectivity index (χ1n) is 5.49. The molecule has 1 unspecified atom stereocenters. The first-order chi connectivity index (χ1) is 7.72. The van der Waals surface area contributed by atoms with Crippen molar-refractivity contribution < 1.29 is 9.13 Å². The smallest absolute Gasteiger partial charge is 0.165 e. The van der Waals surface area contributed by atoms with Crippen LogP contribution in [0.3, 0.4) is 0 Å². The van der Waals surface area contributed by atoms with Gasteiger partial charge in [0, 0.05) is 12.6 Å². The van der Waals surface area contributed by atoms with E-state index in [0.29, 0.717) is 6.54 Å². The molecule has 3 N–H and O–H groups in total. The molecule has 0 aliphatic rings. The van der Waals surface area contributed by atoms with Crippen LogP contribution in [0.1, 0.15) is 24.9 Å². The van der Waals surface area contributed by atoms with Gasteiger partial charge in [-0.15, -0.1) is 0 Å². The SMILES string of the molecule is CCCNC(CN)c1ccc(OC)c(F)c1. The summed E-state index contributed by atoms with van der Waals surface area (Å²) < 4.78 is 18.3. The molecule has 3 nitrogen and oxygen atoms in total. The fraction of sp³-hybridized carbons (Fsp3) is 0.500. The quantitative estimate of drug-likeness (QED) is 0.778. The number of methoxy groups -OCH3 is 1. The van der Waals surface area contributed by atoms with Crippen LogP contribution in [0.4, 0.5) is 4.39 Å². The highest BCUT2D eigenvalue weighted by Crippen LogP contribution is 2.21. The van der Waals surface area contributed by atoms with Gasteiger partial charge in [0.05, 0.1) is 7.11 Å². The van der Waals surface area contributed by atoms with E-state index in [9.17, 15) is 4.39 Å². The van der Waals surface area contributed by atoms with Gasteiger partial charge in [-0.2, -0.15) is 0 Å². The molecule has 1 rings (SSSR count). The van der Waals surface area contributed by atoms with Gasteiger partial charge in [-0.1, -0.05) is 13.0 Å². The van der Waals surface area contributed by atoms with Gasteiger partial charge in [-0.05, 0) is 30.7 Å². The summed E-state index contributed by atoms with van der Waals surface area (Å²) in [6, 6.07) is 4.93. The number of nitrogens with two attached hydrogens (primary N) is 1. The summed E-state index contributed by atoms with van der Waals surface area (Å²) in [5, 5.41) is 3.27. The van der Waals surface area contributed by atoms with Crippen molar-refractivity contribution in [1.29, 1.82) is 0 Å². The predicted octanol–water partition coefficient (Wildman–Crippen LogP) is 1.83. The van der Waals surface area contributed by atoms with E-state index in [4.69, 9.17) is 10.5 Å². The molecule has 0 bridgehead atoms. The topological polar surface area (TPSA) is 47.3 Å². The summed E-state index contributed by atoms with van der Waals surface area (Å²) in [5.74, 6) is -0.0910. The molecule has 0 heterocycles.